The van der Waals surface area contributed by atoms with E-state index < -0.39 is 11.7 Å². The van der Waals surface area contributed by atoms with Crippen LogP contribution in [0.5, 0.6) is 5.75 Å². The van der Waals surface area contributed by atoms with E-state index in [0.29, 0.717) is 29.3 Å². The largest absolute Gasteiger partial charge is 0.496 e. The molecule has 7 heteroatoms. The van der Waals surface area contributed by atoms with Crippen molar-refractivity contribution in [2.24, 2.45) is 0 Å². The third-order valence-electron chi connectivity index (χ3n) is 3.55. The van der Waals surface area contributed by atoms with Crippen LogP contribution < -0.4 is 4.74 Å². The fourth-order valence-electron chi connectivity index (χ4n) is 2.53. The summed E-state index contributed by atoms with van der Waals surface area (Å²) in [7, 11) is 1.52. The fraction of sp³-hybridized carbons (Fsp3) is 0.471. The molecule has 4 nitrogen and oxygen atoms in total. The molecular weight excluding hydrogens is 373 g/mol. The van der Waals surface area contributed by atoms with Crippen molar-refractivity contribution in [1.82, 2.24) is 4.90 Å². The van der Waals surface area contributed by atoms with Crippen LogP contribution in [-0.2, 0) is 4.74 Å². The molecule has 0 fully saturated rings. The lowest BCUT2D eigenvalue weighted by atomic mass is 9.98. The second-order valence-corrected chi connectivity index (χ2v) is 7.62. The Hall–Kier alpha value is -1.10. The zero-order valence-electron chi connectivity index (χ0n) is 14.0. The number of hydrogen-bond acceptors (Lipinski definition) is 3. The van der Waals surface area contributed by atoms with Crippen LogP contribution in [0.25, 0.3) is 0 Å². The number of methoxy groups -OCH3 is 1. The maximum absolute atomic E-state index is 12.6. The SMILES string of the molecule is COc1cc(Cl)c(Cl)c(Cl)c1C1CC=CCN1C(=O)OC(C)(C)C. The highest BCUT2D eigenvalue weighted by atomic mass is 35.5. The van der Waals surface area contributed by atoms with E-state index in [2.05, 4.69) is 0 Å². The normalized spacial score (nSPS) is 17.8. The minimum absolute atomic E-state index is 0.243. The molecule has 0 saturated heterocycles. The van der Waals surface area contributed by atoms with E-state index in [1.807, 2.05) is 32.9 Å². The van der Waals surface area contributed by atoms with Gasteiger partial charge in [-0.3, -0.25) is 4.90 Å². The standard InChI is InChI=1S/C17H20Cl3NO3/c1-17(2,3)24-16(22)21-8-6-5-7-11(21)13-12(23-4)9-10(18)14(19)15(13)20/h5-6,9,11H,7-8H2,1-4H3. The highest BCUT2D eigenvalue weighted by Crippen LogP contribution is 2.45. The number of benzene rings is 1. The minimum atomic E-state index is -0.589. The Morgan fingerprint density at radius 2 is 1.88 bits per heavy atom. The molecule has 1 aliphatic rings. The zero-order chi connectivity index (χ0) is 18.1. The molecular formula is C17H20Cl3NO3. The van der Waals surface area contributed by atoms with E-state index in [4.69, 9.17) is 44.3 Å². The van der Waals surface area contributed by atoms with Crippen LogP contribution in [0, 0.1) is 0 Å². The van der Waals surface area contributed by atoms with Gasteiger partial charge in [0.2, 0.25) is 0 Å². The number of carbonyl (C=O) groups excluding carboxylic acids is 1. The van der Waals surface area contributed by atoms with Gasteiger partial charge < -0.3 is 9.47 Å². The summed E-state index contributed by atoms with van der Waals surface area (Å²) in [6, 6.07) is 1.26. The van der Waals surface area contributed by atoms with Gasteiger partial charge >= 0.3 is 6.09 Å². The minimum Gasteiger partial charge on any atom is -0.496 e. The van der Waals surface area contributed by atoms with Gasteiger partial charge in [0.25, 0.3) is 0 Å². The molecule has 0 saturated carbocycles. The van der Waals surface area contributed by atoms with E-state index in [0.717, 1.165) is 0 Å². The number of hydrogen-bond donors (Lipinski definition) is 0. The molecule has 1 amide bonds. The molecule has 0 radical (unpaired) electrons. The van der Waals surface area contributed by atoms with Gasteiger partial charge in [-0.25, -0.2) is 4.79 Å². The third kappa shape index (κ3) is 4.11. The molecule has 1 unspecified atom stereocenters. The summed E-state index contributed by atoms with van der Waals surface area (Å²) in [6.07, 6.45) is 4.07. The van der Waals surface area contributed by atoms with E-state index in [9.17, 15) is 4.79 Å². The highest BCUT2D eigenvalue weighted by molar-refractivity contribution is 6.48. The lowest BCUT2D eigenvalue weighted by Gasteiger charge is -2.35. The Kier molecular flexibility index (Phi) is 5.95. The molecule has 0 spiro atoms. The summed E-state index contributed by atoms with van der Waals surface area (Å²) < 4.78 is 10.9. The van der Waals surface area contributed by atoms with Crippen molar-refractivity contribution in [3.05, 3.63) is 38.8 Å². The van der Waals surface area contributed by atoms with Gasteiger partial charge in [0.15, 0.2) is 0 Å². The second-order valence-electron chi connectivity index (χ2n) is 6.46. The van der Waals surface area contributed by atoms with Gasteiger partial charge in [-0.05, 0) is 27.2 Å². The molecule has 1 atom stereocenters. The predicted octanol–water partition coefficient (Wildman–Crippen LogP) is 5.89. The van der Waals surface area contributed by atoms with Crippen molar-refractivity contribution in [2.45, 2.75) is 38.8 Å². The maximum Gasteiger partial charge on any atom is 0.411 e. The Morgan fingerprint density at radius 1 is 1.21 bits per heavy atom. The van der Waals surface area contributed by atoms with Crippen molar-refractivity contribution in [3.63, 3.8) is 0 Å². The molecule has 0 N–H and O–H groups in total. The van der Waals surface area contributed by atoms with Crippen molar-refractivity contribution in [1.29, 1.82) is 0 Å². The van der Waals surface area contributed by atoms with Crippen molar-refractivity contribution in [3.8, 4) is 5.75 Å². The van der Waals surface area contributed by atoms with Crippen molar-refractivity contribution in [2.75, 3.05) is 13.7 Å². The van der Waals surface area contributed by atoms with Gasteiger partial charge in [-0.1, -0.05) is 47.0 Å². The van der Waals surface area contributed by atoms with Crippen LogP contribution in [0.1, 0.15) is 38.8 Å². The van der Waals surface area contributed by atoms with Crippen LogP contribution in [0.4, 0.5) is 4.79 Å². The van der Waals surface area contributed by atoms with Crippen LogP contribution in [-0.4, -0.2) is 30.2 Å². The number of nitrogens with zero attached hydrogens (tertiary/aromatic N) is 1. The number of ether oxygens (including phenoxy) is 2. The monoisotopic (exact) mass is 391 g/mol. The maximum atomic E-state index is 12.6. The predicted molar refractivity (Wildman–Crippen MR) is 97.5 cm³/mol. The van der Waals surface area contributed by atoms with E-state index in [1.165, 1.54) is 7.11 Å². The quantitative estimate of drug-likeness (QED) is 0.465. The summed E-state index contributed by atoms with van der Waals surface area (Å²) in [4.78, 5) is 14.2. The van der Waals surface area contributed by atoms with Crippen molar-refractivity contribution >= 4 is 40.9 Å². The first-order valence-corrected chi connectivity index (χ1v) is 8.65. The van der Waals surface area contributed by atoms with Gasteiger partial charge in [0.05, 0.1) is 28.2 Å². The molecule has 0 aromatic heterocycles. The molecule has 1 aliphatic heterocycles. The highest BCUT2D eigenvalue weighted by Gasteiger charge is 2.33. The number of carbonyl (C=O) groups is 1. The van der Waals surface area contributed by atoms with Crippen LogP contribution in [0.3, 0.4) is 0 Å². The summed E-state index contributed by atoms with van der Waals surface area (Å²) in [6.45, 7) is 5.89. The van der Waals surface area contributed by atoms with E-state index >= 15 is 0 Å². The summed E-state index contributed by atoms with van der Waals surface area (Å²) in [5.41, 5.74) is 0.0395. The van der Waals surface area contributed by atoms with Gasteiger partial charge in [0.1, 0.15) is 11.4 Å². The lowest BCUT2D eigenvalue weighted by molar-refractivity contribution is 0.0174. The molecule has 1 aromatic carbocycles. The Balaban J connectivity index is 2.47. The molecule has 2 rings (SSSR count). The topological polar surface area (TPSA) is 38.8 Å². The second kappa shape index (κ2) is 7.42. The molecule has 0 bridgehead atoms. The Bertz CT molecular complexity index is 668. The number of halogens is 3. The first-order chi connectivity index (χ1) is 11.2. The fourth-order valence-corrected chi connectivity index (χ4v) is 3.25. The number of amides is 1. The molecule has 132 valence electrons. The first kappa shape index (κ1) is 19.2. The zero-order valence-corrected chi connectivity index (χ0v) is 16.3. The summed E-state index contributed by atoms with van der Waals surface area (Å²) in [5.74, 6) is 0.489. The average molecular weight is 393 g/mol. The Morgan fingerprint density at radius 3 is 2.46 bits per heavy atom. The molecule has 0 aliphatic carbocycles. The molecule has 1 aromatic rings. The van der Waals surface area contributed by atoms with Crippen LogP contribution in [0.15, 0.2) is 18.2 Å². The van der Waals surface area contributed by atoms with Gasteiger partial charge in [-0.2, -0.15) is 0 Å². The van der Waals surface area contributed by atoms with E-state index in [1.54, 1.807) is 11.0 Å². The van der Waals surface area contributed by atoms with Crippen LogP contribution >= 0.6 is 34.8 Å². The molecule has 24 heavy (non-hydrogen) atoms. The van der Waals surface area contributed by atoms with Gasteiger partial charge in [-0.15, -0.1) is 0 Å². The Labute approximate surface area is 157 Å². The lowest BCUT2D eigenvalue weighted by Crippen LogP contribution is -2.40. The number of rotatable bonds is 2. The van der Waals surface area contributed by atoms with Crippen LogP contribution in [0.2, 0.25) is 15.1 Å². The summed E-state index contributed by atoms with van der Waals surface area (Å²) >= 11 is 18.7. The average Bonchev–Trinajstić information content (AvgIpc) is 2.50. The third-order valence-corrected chi connectivity index (χ3v) is 4.82. The molecule has 1 heterocycles. The smallest absolute Gasteiger partial charge is 0.411 e. The van der Waals surface area contributed by atoms with E-state index in [-0.39, 0.29) is 16.1 Å². The first-order valence-electron chi connectivity index (χ1n) is 7.51. The van der Waals surface area contributed by atoms with Gasteiger partial charge in [0, 0.05) is 18.2 Å². The van der Waals surface area contributed by atoms with Crippen molar-refractivity contribution < 1.29 is 14.3 Å². The summed E-state index contributed by atoms with van der Waals surface area (Å²) in [5, 5.41) is 0.833.